The van der Waals surface area contributed by atoms with E-state index in [-0.39, 0.29) is 0 Å². The predicted molar refractivity (Wildman–Crippen MR) is 101 cm³/mol. The van der Waals surface area contributed by atoms with Crippen molar-refractivity contribution in [2.75, 3.05) is 31.1 Å². The van der Waals surface area contributed by atoms with Gasteiger partial charge < -0.3 is 10.2 Å². The molecule has 1 aromatic heterocycles. The van der Waals surface area contributed by atoms with Crippen molar-refractivity contribution in [2.24, 2.45) is 0 Å². The Morgan fingerprint density at radius 1 is 0.960 bits per heavy atom. The van der Waals surface area contributed by atoms with E-state index in [2.05, 4.69) is 10.2 Å². The highest BCUT2D eigenvalue weighted by Gasteiger charge is 2.24. The van der Waals surface area contributed by atoms with Crippen LogP contribution >= 0.6 is 0 Å². The molecule has 1 saturated heterocycles. The predicted octanol–water partition coefficient (Wildman–Crippen LogP) is 2.60. The highest BCUT2D eigenvalue weighted by atomic mass is 32.2. The molecule has 2 aromatic carbocycles. The molecule has 0 unspecified atom stereocenters. The Bertz CT molecular complexity index is 1000. The summed E-state index contributed by atoms with van der Waals surface area (Å²) in [6.07, 6.45) is 0. The van der Waals surface area contributed by atoms with Gasteiger partial charge in [-0.3, -0.25) is 0 Å². The summed E-state index contributed by atoms with van der Waals surface area (Å²) in [5.74, 6) is 0. The molecule has 0 saturated carbocycles. The van der Waals surface area contributed by atoms with Crippen LogP contribution in [0.5, 0.6) is 0 Å². The van der Waals surface area contributed by atoms with Crippen LogP contribution < -0.4 is 10.2 Å². The maximum absolute atomic E-state index is 13.3. The van der Waals surface area contributed by atoms with Gasteiger partial charge in [-0.2, -0.15) is 0 Å². The number of benzene rings is 2. The van der Waals surface area contributed by atoms with Crippen LogP contribution in [-0.4, -0.2) is 38.6 Å². The second-order valence-corrected chi connectivity index (χ2v) is 8.11. The SMILES string of the molecule is Cc1cc2cccc(N3CCNCC3)c2n1S(=O)(=O)c1ccccc1. The number of para-hydroxylation sites is 1. The monoisotopic (exact) mass is 355 g/mol. The summed E-state index contributed by atoms with van der Waals surface area (Å²) in [7, 11) is -3.64. The number of nitrogens with zero attached hydrogens (tertiary/aromatic N) is 2. The van der Waals surface area contributed by atoms with E-state index in [0.717, 1.165) is 48.5 Å². The molecule has 1 fully saturated rings. The normalized spacial score (nSPS) is 15.6. The smallest absolute Gasteiger partial charge is 0.268 e. The lowest BCUT2D eigenvalue weighted by Crippen LogP contribution is -2.43. The second kappa shape index (κ2) is 6.20. The van der Waals surface area contributed by atoms with Crippen LogP contribution in [-0.2, 0) is 10.0 Å². The number of rotatable bonds is 3. The van der Waals surface area contributed by atoms with Crippen LogP contribution in [0, 0.1) is 6.92 Å². The maximum Gasteiger partial charge on any atom is 0.268 e. The number of nitrogens with one attached hydrogen (secondary N) is 1. The van der Waals surface area contributed by atoms with Gasteiger partial charge in [-0.15, -0.1) is 0 Å². The van der Waals surface area contributed by atoms with Crippen molar-refractivity contribution in [3.8, 4) is 0 Å². The number of fused-ring (bicyclic) bond motifs is 1. The molecule has 0 radical (unpaired) electrons. The van der Waals surface area contributed by atoms with E-state index in [1.165, 1.54) is 3.97 Å². The van der Waals surface area contributed by atoms with Crippen molar-refractivity contribution in [3.05, 3.63) is 60.3 Å². The Hall–Kier alpha value is -2.31. The van der Waals surface area contributed by atoms with E-state index < -0.39 is 10.0 Å². The van der Waals surface area contributed by atoms with Gasteiger partial charge in [0, 0.05) is 37.3 Å². The standard InChI is InChI=1S/C19H21N3O2S/c1-15-14-16-6-5-9-18(21-12-10-20-11-13-21)19(16)22(15)25(23,24)17-7-3-2-4-8-17/h2-9,14,20H,10-13H2,1H3. The minimum absolute atomic E-state index is 0.311. The zero-order valence-corrected chi connectivity index (χ0v) is 15.0. The molecule has 1 aliphatic heterocycles. The summed E-state index contributed by atoms with van der Waals surface area (Å²) in [4.78, 5) is 2.57. The number of anilines is 1. The molecule has 0 aliphatic carbocycles. The van der Waals surface area contributed by atoms with Crippen LogP contribution in [0.4, 0.5) is 5.69 Å². The van der Waals surface area contributed by atoms with Gasteiger partial charge in [0.15, 0.2) is 0 Å². The van der Waals surface area contributed by atoms with Crippen molar-refractivity contribution < 1.29 is 8.42 Å². The van der Waals surface area contributed by atoms with Crippen LogP contribution in [0.25, 0.3) is 10.9 Å². The number of piperazine rings is 1. The highest BCUT2D eigenvalue weighted by Crippen LogP contribution is 2.33. The zero-order chi connectivity index (χ0) is 17.4. The van der Waals surface area contributed by atoms with Crippen LogP contribution in [0.15, 0.2) is 59.5 Å². The Labute approximate surface area is 147 Å². The van der Waals surface area contributed by atoms with Gasteiger partial charge in [-0.1, -0.05) is 30.3 Å². The average molecular weight is 355 g/mol. The second-order valence-electron chi connectivity index (χ2n) is 6.32. The molecule has 5 nitrogen and oxygen atoms in total. The van der Waals surface area contributed by atoms with Crippen LogP contribution in [0.2, 0.25) is 0 Å². The molecule has 1 aliphatic rings. The summed E-state index contributed by atoms with van der Waals surface area (Å²) in [5.41, 5.74) is 2.47. The molecule has 4 rings (SSSR count). The third-order valence-electron chi connectivity index (χ3n) is 4.67. The summed E-state index contributed by atoms with van der Waals surface area (Å²) >= 11 is 0. The van der Waals surface area contributed by atoms with E-state index in [1.807, 2.05) is 37.3 Å². The van der Waals surface area contributed by atoms with Crippen molar-refractivity contribution >= 4 is 26.6 Å². The number of aromatic nitrogens is 1. The molecule has 0 spiro atoms. The van der Waals surface area contributed by atoms with Crippen molar-refractivity contribution in [2.45, 2.75) is 11.8 Å². The van der Waals surface area contributed by atoms with Gasteiger partial charge in [-0.05, 0) is 31.2 Å². The van der Waals surface area contributed by atoms with E-state index >= 15 is 0 Å². The van der Waals surface area contributed by atoms with E-state index in [4.69, 9.17) is 0 Å². The fraction of sp³-hybridized carbons (Fsp3) is 0.263. The molecule has 0 atom stereocenters. The number of hydrogen-bond donors (Lipinski definition) is 1. The number of hydrogen-bond acceptors (Lipinski definition) is 4. The fourth-order valence-electron chi connectivity index (χ4n) is 3.52. The Kier molecular flexibility index (Phi) is 4.01. The zero-order valence-electron chi connectivity index (χ0n) is 14.1. The van der Waals surface area contributed by atoms with E-state index in [0.29, 0.717) is 4.90 Å². The third-order valence-corrected chi connectivity index (χ3v) is 6.49. The first-order valence-corrected chi connectivity index (χ1v) is 9.90. The maximum atomic E-state index is 13.3. The highest BCUT2D eigenvalue weighted by molar-refractivity contribution is 7.90. The minimum atomic E-state index is -3.64. The van der Waals surface area contributed by atoms with Crippen molar-refractivity contribution in [3.63, 3.8) is 0 Å². The van der Waals surface area contributed by atoms with Crippen molar-refractivity contribution in [1.29, 1.82) is 0 Å². The summed E-state index contributed by atoms with van der Waals surface area (Å²) in [6.45, 7) is 5.40. The Morgan fingerprint density at radius 2 is 1.68 bits per heavy atom. The molecule has 2 heterocycles. The van der Waals surface area contributed by atoms with Gasteiger partial charge in [-0.25, -0.2) is 12.4 Å². The van der Waals surface area contributed by atoms with E-state index in [9.17, 15) is 8.42 Å². The van der Waals surface area contributed by atoms with Crippen LogP contribution in [0.3, 0.4) is 0 Å². The molecular weight excluding hydrogens is 334 g/mol. The number of aryl methyl sites for hydroxylation is 1. The first-order chi connectivity index (χ1) is 12.1. The molecule has 0 bridgehead atoms. The summed E-state index contributed by atoms with van der Waals surface area (Å²) < 4.78 is 28.1. The first kappa shape index (κ1) is 16.2. The Morgan fingerprint density at radius 3 is 2.40 bits per heavy atom. The average Bonchev–Trinajstić information content (AvgIpc) is 2.99. The third kappa shape index (κ3) is 2.71. The largest absolute Gasteiger partial charge is 0.367 e. The summed E-state index contributed by atoms with van der Waals surface area (Å²) in [6, 6.07) is 16.6. The topological polar surface area (TPSA) is 54.3 Å². The molecule has 3 aromatic rings. The lowest BCUT2D eigenvalue weighted by Gasteiger charge is -2.30. The van der Waals surface area contributed by atoms with E-state index in [1.54, 1.807) is 24.3 Å². The van der Waals surface area contributed by atoms with Gasteiger partial charge in [0.25, 0.3) is 10.0 Å². The fourth-order valence-corrected chi connectivity index (χ4v) is 5.10. The summed E-state index contributed by atoms with van der Waals surface area (Å²) in [5, 5.41) is 4.29. The van der Waals surface area contributed by atoms with Crippen molar-refractivity contribution in [1.82, 2.24) is 9.29 Å². The van der Waals surface area contributed by atoms with Gasteiger partial charge in [0.2, 0.25) is 0 Å². The Balaban J connectivity index is 1.97. The van der Waals surface area contributed by atoms with Gasteiger partial charge in [0.1, 0.15) is 0 Å². The quantitative estimate of drug-likeness (QED) is 0.785. The molecule has 0 amide bonds. The molecular formula is C19H21N3O2S. The molecule has 6 heteroatoms. The van der Waals surface area contributed by atoms with Gasteiger partial charge >= 0.3 is 0 Å². The molecule has 130 valence electrons. The molecule has 25 heavy (non-hydrogen) atoms. The van der Waals surface area contributed by atoms with Crippen LogP contribution in [0.1, 0.15) is 5.69 Å². The molecule has 1 N–H and O–H groups in total. The minimum Gasteiger partial charge on any atom is -0.367 e. The van der Waals surface area contributed by atoms with Gasteiger partial charge in [0.05, 0.1) is 16.1 Å². The lowest BCUT2D eigenvalue weighted by molar-refractivity contribution is 0.585. The first-order valence-electron chi connectivity index (χ1n) is 8.46. The lowest BCUT2D eigenvalue weighted by atomic mass is 10.2.